The van der Waals surface area contributed by atoms with Crippen LogP contribution in [0.2, 0.25) is 0 Å². The van der Waals surface area contributed by atoms with Crippen LogP contribution in [0.3, 0.4) is 0 Å². The van der Waals surface area contributed by atoms with Gasteiger partial charge in [-0.15, -0.1) is 0 Å². The predicted octanol–water partition coefficient (Wildman–Crippen LogP) is 2.21. The lowest BCUT2D eigenvalue weighted by atomic mass is 10.1. The Hall–Kier alpha value is -2.36. The highest BCUT2D eigenvalue weighted by molar-refractivity contribution is 6.08. The predicted molar refractivity (Wildman–Crippen MR) is 73.4 cm³/mol. The maximum Gasteiger partial charge on any atom is 0.0927 e. The first-order chi connectivity index (χ1) is 8.75. The average Bonchev–Trinajstić information content (AvgIpc) is 2.88. The lowest BCUT2D eigenvalue weighted by molar-refractivity contribution is 0.564. The molecule has 0 spiro atoms. The fourth-order valence-electron chi connectivity index (χ4n) is 1.45. The molecule has 4 heteroatoms. The Bertz CT molecular complexity index is 524. The minimum absolute atomic E-state index is 0.891. The number of rotatable bonds is 4. The second kappa shape index (κ2) is 5.82. The summed E-state index contributed by atoms with van der Waals surface area (Å²) >= 11 is 0. The first-order valence-electron chi connectivity index (χ1n) is 5.73. The molecule has 0 amide bonds. The SMILES string of the molecule is CN(C)/C=C\C(=N/n1cccc1)c1ccncc1. The second-order valence-corrected chi connectivity index (χ2v) is 4.06. The van der Waals surface area contributed by atoms with E-state index in [4.69, 9.17) is 0 Å². The molecule has 2 heterocycles. The zero-order chi connectivity index (χ0) is 12.8. The highest BCUT2D eigenvalue weighted by Crippen LogP contribution is 2.03. The first-order valence-corrected chi connectivity index (χ1v) is 5.73. The van der Waals surface area contributed by atoms with E-state index in [1.54, 1.807) is 17.1 Å². The Balaban J connectivity index is 2.35. The molecule has 0 aliphatic carbocycles. The van der Waals surface area contributed by atoms with Crippen LogP contribution >= 0.6 is 0 Å². The van der Waals surface area contributed by atoms with Crippen molar-refractivity contribution in [1.29, 1.82) is 0 Å². The summed E-state index contributed by atoms with van der Waals surface area (Å²) in [6.45, 7) is 0. The van der Waals surface area contributed by atoms with Gasteiger partial charge in [-0.25, -0.2) is 4.68 Å². The Labute approximate surface area is 107 Å². The van der Waals surface area contributed by atoms with Gasteiger partial charge in [0.1, 0.15) is 0 Å². The van der Waals surface area contributed by atoms with Crippen LogP contribution in [-0.2, 0) is 0 Å². The zero-order valence-electron chi connectivity index (χ0n) is 10.6. The van der Waals surface area contributed by atoms with Crippen molar-refractivity contribution >= 4 is 5.71 Å². The van der Waals surface area contributed by atoms with Gasteiger partial charge in [-0.1, -0.05) is 0 Å². The van der Waals surface area contributed by atoms with Crippen LogP contribution in [0, 0.1) is 0 Å². The monoisotopic (exact) mass is 240 g/mol. The third-order valence-electron chi connectivity index (χ3n) is 2.32. The van der Waals surface area contributed by atoms with Crippen molar-refractivity contribution in [3.63, 3.8) is 0 Å². The molecule has 0 N–H and O–H groups in total. The van der Waals surface area contributed by atoms with Gasteiger partial charge < -0.3 is 4.90 Å². The van der Waals surface area contributed by atoms with Crippen molar-refractivity contribution in [2.75, 3.05) is 14.1 Å². The van der Waals surface area contributed by atoms with E-state index >= 15 is 0 Å². The summed E-state index contributed by atoms with van der Waals surface area (Å²) in [4.78, 5) is 6.00. The van der Waals surface area contributed by atoms with Gasteiger partial charge in [0, 0.05) is 50.6 Å². The molecule has 2 rings (SSSR count). The summed E-state index contributed by atoms with van der Waals surface area (Å²) in [5, 5.41) is 4.55. The van der Waals surface area contributed by atoms with Gasteiger partial charge in [-0.2, -0.15) is 5.10 Å². The number of aromatic nitrogens is 2. The lowest BCUT2D eigenvalue weighted by Gasteiger charge is -2.06. The molecule has 0 aromatic carbocycles. The minimum atomic E-state index is 0.891. The lowest BCUT2D eigenvalue weighted by Crippen LogP contribution is -2.05. The van der Waals surface area contributed by atoms with Crippen LogP contribution in [0.5, 0.6) is 0 Å². The molecule has 0 atom stereocenters. The maximum atomic E-state index is 4.55. The molecule has 4 nitrogen and oxygen atoms in total. The Morgan fingerprint density at radius 3 is 2.50 bits per heavy atom. The van der Waals surface area contributed by atoms with Crippen LogP contribution in [0.1, 0.15) is 5.56 Å². The Kier molecular flexibility index (Phi) is 3.91. The van der Waals surface area contributed by atoms with Crippen LogP contribution in [-0.4, -0.2) is 34.4 Å². The van der Waals surface area contributed by atoms with Gasteiger partial charge in [0.25, 0.3) is 0 Å². The van der Waals surface area contributed by atoms with Gasteiger partial charge in [-0.05, 0) is 30.3 Å². The van der Waals surface area contributed by atoms with Crippen LogP contribution < -0.4 is 0 Å². The maximum absolute atomic E-state index is 4.55. The van der Waals surface area contributed by atoms with Crippen LogP contribution in [0.15, 0.2) is 66.4 Å². The summed E-state index contributed by atoms with van der Waals surface area (Å²) < 4.78 is 1.79. The molecule has 0 saturated carbocycles. The van der Waals surface area contributed by atoms with E-state index in [1.165, 1.54) is 0 Å². The van der Waals surface area contributed by atoms with Crippen LogP contribution in [0.25, 0.3) is 0 Å². The van der Waals surface area contributed by atoms with Crippen molar-refractivity contribution in [3.05, 3.63) is 66.9 Å². The summed E-state index contributed by atoms with van der Waals surface area (Å²) in [5.41, 5.74) is 1.93. The Morgan fingerprint density at radius 2 is 1.89 bits per heavy atom. The highest BCUT2D eigenvalue weighted by Gasteiger charge is 1.99. The fourth-order valence-corrected chi connectivity index (χ4v) is 1.45. The van der Waals surface area contributed by atoms with Crippen molar-refractivity contribution < 1.29 is 0 Å². The average molecular weight is 240 g/mol. The summed E-state index contributed by atoms with van der Waals surface area (Å²) in [6.07, 6.45) is 11.3. The van der Waals surface area contributed by atoms with Crippen molar-refractivity contribution in [1.82, 2.24) is 14.6 Å². The van der Waals surface area contributed by atoms with E-state index in [-0.39, 0.29) is 0 Å². The van der Waals surface area contributed by atoms with E-state index in [1.807, 2.05) is 67.9 Å². The molecule has 2 aromatic rings. The van der Waals surface area contributed by atoms with E-state index in [2.05, 4.69) is 10.1 Å². The van der Waals surface area contributed by atoms with E-state index in [0.29, 0.717) is 0 Å². The largest absolute Gasteiger partial charge is 0.383 e. The van der Waals surface area contributed by atoms with Gasteiger partial charge in [-0.3, -0.25) is 4.98 Å². The van der Waals surface area contributed by atoms with Gasteiger partial charge >= 0.3 is 0 Å². The molecule has 2 aromatic heterocycles. The van der Waals surface area contributed by atoms with E-state index in [0.717, 1.165) is 11.3 Å². The van der Waals surface area contributed by atoms with E-state index < -0.39 is 0 Å². The molecule has 0 unspecified atom stereocenters. The molecule has 92 valence electrons. The molecule has 0 aliphatic heterocycles. The summed E-state index contributed by atoms with van der Waals surface area (Å²) in [5.74, 6) is 0. The number of pyridine rings is 1. The molecule has 0 aliphatic rings. The topological polar surface area (TPSA) is 33.4 Å². The standard InChI is InChI=1S/C14H16N4/c1-17(2)12-7-14(13-5-8-15-9-6-13)16-18-10-3-4-11-18/h3-12H,1-2H3/b12-7-,16-14+. The number of nitrogens with zero attached hydrogens (tertiary/aromatic N) is 4. The third kappa shape index (κ3) is 3.31. The molecular weight excluding hydrogens is 224 g/mol. The molecule has 0 bridgehead atoms. The minimum Gasteiger partial charge on any atom is -0.383 e. The van der Waals surface area contributed by atoms with E-state index in [9.17, 15) is 0 Å². The van der Waals surface area contributed by atoms with Gasteiger partial charge in [0.15, 0.2) is 0 Å². The van der Waals surface area contributed by atoms with Crippen LogP contribution in [0.4, 0.5) is 0 Å². The normalized spacial score (nSPS) is 12.0. The first kappa shape index (κ1) is 12.1. The highest BCUT2D eigenvalue weighted by atomic mass is 15.3. The van der Waals surface area contributed by atoms with Crippen molar-refractivity contribution in [2.45, 2.75) is 0 Å². The quantitative estimate of drug-likeness (QED) is 0.768. The van der Waals surface area contributed by atoms with Crippen molar-refractivity contribution in [2.24, 2.45) is 5.10 Å². The number of allylic oxidation sites excluding steroid dienone is 1. The molecule has 0 fully saturated rings. The molecule has 0 saturated heterocycles. The smallest absolute Gasteiger partial charge is 0.0927 e. The number of hydrogen-bond donors (Lipinski definition) is 0. The molecular formula is C14H16N4. The van der Waals surface area contributed by atoms with Crippen molar-refractivity contribution in [3.8, 4) is 0 Å². The summed E-state index contributed by atoms with van der Waals surface area (Å²) in [6, 6.07) is 7.79. The van der Waals surface area contributed by atoms with Gasteiger partial charge in [0.05, 0.1) is 5.71 Å². The second-order valence-electron chi connectivity index (χ2n) is 4.06. The third-order valence-corrected chi connectivity index (χ3v) is 2.32. The Morgan fingerprint density at radius 1 is 1.22 bits per heavy atom. The molecule has 0 radical (unpaired) electrons. The molecule has 18 heavy (non-hydrogen) atoms. The van der Waals surface area contributed by atoms with Gasteiger partial charge in [0.2, 0.25) is 0 Å². The summed E-state index contributed by atoms with van der Waals surface area (Å²) in [7, 11) is 3.96. The zero-order valence-corrected chi connectivity index (χ0v) is 10.6. The number of hydrogen-bond acceptors (Lipinski definition) is 3. The fraction of sp³-hybridized carbons (Fsp3) is 0.143.